The van der Waals surface area contributed by atoms with Crippen molar-refractivity contribution in [2.45, 2.75) is 12.5 Å². The Bertz CT molecular complexity index is 490. The lowest BCUT2D eigenvalue weighted by molar-refractivity contribution is 0.191. The van der Waals surface area contributed by atoms with Crippen molar-refractivity contribution in [2.75, 3.05) is 25.6 Å². The predicted molar refractivity (Wildman–Crippen MR) is 75.4 cm³/mol. The molecule has 0 aliphatic heterocycles. The molecule has 2 aromatic rings. The number of nitrogens with zero attached hydrogens (tertiary/aromatic N) is 2. The average molecular weight is 279 g/mol. The first-order valence-electron chi connectivity index (χ1n) is 6.08. The molecule has 2 N–H and O–H groups in total. The minimum atomic E-state index is -0.549. The minimum absolute atomic E-state index is 0.420. The van der Waals surface area contributed by atoms with Gasteiger partial charge in [0.15, 0.2) is 0 Å². The van der Waals surface area contributed by atoms with Gasteiger partial charge in [-0.2, -0.15) is 4.37 Å². The summed E-state index contributed by atoms with van der Waals surface area (Å²) in [5.41, 5.74) is 0.888. The first kappa shape index (κ1) is 13.9. The first-order valence-corrected chi connectivity index (χ1v) is 6.85. The molecule has 0 fully saturated rings. The molecule has 0 spiro atoms. The van der Waals surface area contributed by atoms with Crippen molar-refractivity contribution in [1.29, 1.82) is 0 Å². The van der Waals surface area contributed by atoms with E-state index < -0.39 is 6.10 Å². The molecule has 1 aromatic carbocycles. The minimum Gasteiger partial charge on any atom is -0.387 e. The summed E-state index contributed by atoms with van der Waals surface area (Å²) in [6.45, 7) is 1.03. The second-order valence-electron chi connectivity index (χ2n) is 4.07. The quantitative estimate of drug-likeness (QED) is 0.810. The number of nitrogens with one attached hydrogen (secondary N) is 1. The highest BCUT2D eigenvalue weighted by molar-refractivity contribution is 7.09. The van der Waals surface area contributed by atoms with Crippen LogP contribution in [0.4, 0.5) is 5.13 Å². The average Bonchev–Trinajstić information content (AvgIpc) is 2.91. The third kappa shape index (κ3) is 4.27. The van der Waals surface area contributed by atoms with E-state index in [1.165, 1.54) is 11.5 Å². The molecule has 1 atom stereocenters. The van der Waals surface area contributed by atoms with Crippen molar-refractivity contribution in [3.8, 4) is 0 Å². The molecular weight excluding hydrogens is 262 g/mol. The van der Waals surface area contributed by atoms with E-state index in [4.69, 9.17) is 4.74 Å². The SMILES string of the molecule is COCCc1nsc(NCC(O)c2ccccc2)n1. The van der Waals surface area contributed by atoms with Crippen molar-refractivity contribution in [3.05, 3.63) is 41.7 Å². The van der Waals surface area contributed by atoms with Gasteiger partial charge in [0, 0.05) is 31.6 Å². The van der Waals surface area contributed by atoms with E-state index in [0.29, 0.717) is 19.6 Å². The van der Waals surface area contributed by atoms with Crippen molar-refractivity contribution in [3.63, 3.8) is 0 Å². The van der Waals surface area contributed by atoms with Gasteiger partial charge in [0.2, 0.25) is 5.13 Å². The van der Waals surface area contributed by atoms with Crippen LogP contribution in [0.5, 0.6) is 0 Å². The molecule has 19 heavy (non-hydrogen) atoms. The van der Waals surface area contributed by atoms with Crippen molar-refractivity contribution in [1.82, 2.24) is 9.36 Å². The zero-order chi connectivity index (χ0) is 13.5. The van der Waals surface area contributed by atoms with Crippen LogP contribution in [0.2, 0.25) is 0 Å². The number of anilines is 1. The maximum atomic E-state index is 10.0. The third-order valence-electron chi connectivity index (χ3n) is 2.63. The Labute approximate surface area is 116 Å². The molecule has 0 saturated heterocycles. The molecular formula is C13H17N3O2S. The van der Waals surface area contributed by atoms with Crippen LogP contribution >= 0.6 is 11.5 Å². The smallest absolute Gasteiger partial charge is 0.202 e. The van der Waals surface area contributed by atoms with Gasteiger partial charge in [-0.3, -0.25) is 0 Å². The molecule has 6 heteroatoms. The van der Waals surface area contributed by atoms with Crippen molar-refractivity contribution in [2.24, 2.45) is 0 Å². The van der Waals surface area contributed by atoms with Gasteiger partial charge in [0.1, 0.15) is 5.82 Å². The van der Waals surface area contributed by atoms with Gasteiger partial charge in [0.25, 0.3) is 0 Å². The van der Waals surface area contributed by atoms with E-state index in [9.17, 15) is 5.11 Å². The molecule has 0 aliphatic rings. The topological polar surface area (TPSA) is 67.3 Å². The van der Waals surface area contributed by atoms with E-state index in [-0.39, 0.29) is 0 Å². The monoisotopic (exact) mass is 279 g/mol. The number of ether oxygens (including phenoxy) is 1. The zero-order valence-electron chi connectivity index (χ0n) is 10.7. The summed E-state index contributed by atoms with van der Waals surface area (Å²) < 4.78 is 9.19. The third-order valence-corrected chi connectivity index (χ3v) is 3.34. The second kappa shape index (κ2) is 7.18. The second-order valence-corrected chi connectivity index (χ2v) is 4.82. The summed E-state index contributed by atoms with van der Waals surface area (Å²) in [7, 11) is 1.65. The van der Waals surface area contributed by atoms with Crippen LogP contribution in [0.25, 0.3) is 0 Å². The molecule has 1 unspecified atom stereocenters. The molecule has 1 heterocycles. The van der Waals surface area contributed by atoms with Gasteiger partial charge >= 0.3 is 0 Å². The molecule has 0 saturated carbocycles. The molecule has 0 radical (unpaired) electrons. The number of methoxy groups -OCH3 is 1. The van der Waals surface area contributed by atoms with Gasteiger partial charge in [-0.05, 0) is 5.56 Å². The van der Waals surface area contributed by atoms with Gasteiger partial charge in [0.05, 0.1) is 12.7 Å². The fraction of sp³-hybridized carbons (Fsp3) is 0.385. The van der Waals surface area contributed by atoms with Crippen LogP contribution in [0.1, 0.15) is 17.5 Å². The Morgan fingerprint density at radius 3 is 2.89 bits per heavy atom. The summed E-state index contributed by atoms with van der Waals surface area (Å²) >= 11 is 1.30. The maximum absolute atomic E-state index is 10.0. The van der Waals surface area contributed by atoms with Crippen LogP contribution in [-0.2, 0) is 11.2 Å². The van der Waals surface area contributed by atoms with E-state index in [1.54, 1.807) is 7.11 Å². The van der Waals surface area contributed by atoms with Crippen LogP contribution < -0.4 is 5.32 Å². The Kier molecular flexibility index (Phi) is 5.26. The standard InChI is InChI=1S/C13H17N3O2S/c1-18-8-7-12-15-13(19-16-12)14-9-11(17)10-5-3-2-4-6-10/h2-6,11,17H,7-9H2,1H3,(H,14,15,16). The highest BCUT2D eigenvalue weighted by Crippen LogP contribution is 2.15. The number of rotatable bonds is 7. The van der Waals surface area contributed by atoms with Gasteiger partial charge in [-0.1, -0.05) is 30.3 Å². The van der Waals surface area contributed by atoms with Crippen molar-refractivity contribution >= 4 is 16.7 Å². The van der Waals surface area contributed by atoms with E-state index in [0.717, 1.165) is 16.5 Å². The summed E-state index contributed by atoms with van der Waals surface area (Å²) in [6, 6.07) is 9.54. The first-order chi connectivity index (χ1) is 9.29. The number of hydrogen-bond donors (Lipinski definition) is 2. The predicted octanol–water partition coefficient (Wildman–Crippen LogP) is 1.87. The summed E-state index contributed by atoms with van der Waals surface area (Å²) in [6.07, 6.45) is 0.156. The Morgan fingerprint density at radius 2 is 2.16 bits per heavy atom. The Hall–Kier alpha value is -1.50. The summed E-state index contributed by atoms with van der Waals surface area (Å²) in [5, 5.41) is 13.8. The normalized spacial score (nSPS) is 12.3. The van der Waals surface area contributed by atoms with Crippen molar-refractivity contribution < 1.29 is 9.84 Å². The largest absolute Gasteiger partial charge is 0.387 e. The number of aliphatic hydroxyl groups excluding tert-OH is 1. The molecule has 0 aliphatic carbocycles. The molecule has 0 amide bonds. The fourth-order valence-electron chi connectivity index (χ4n) is 1.60. The molecule has 1 aromatic heterocycles. The van der Waals surface area contributed by atoms with E-state index in [1.807, 2.05) is 30.3 Å². The number of benzene rings is 1. The van der Waals surface area contributed by atoms with Crippen LogP contribution in [0, 0.1) is 0 Å². The summed E-state index contributed by atoms with van der Waals surface area (Å²) in [5.74, 6) is 0.767. The Morgan fingerprint density at radius 1 is 1.37 bits per heavy atom. The lowest BCUT2D eigenvalue weighted by atomic mass is 10.1. The Balaban J connectivity index is 1.83. The fourth-order valence-corrected chi connectivity index (χ4v) is 2.22. The molecule has 0 bridgehead atoms. The van der Waals surface area contributed by atoms with Crippen LogP contribution in [0.15, 0.2) is 30.3 Å². The van der Waals surface area contributed by atoms with Gasteiger partial charge in [-0.15, -0.1) is 0 Å². The lowest BCUT2D eigenvalue weighted by Crippen LogP contribution is -2.11. The number of aromatic nitrogens is 2. The molecule has 102 valence electrons. The van der Waals surface area contributed by atoms with Gasteiger partial charge in [-0.25, -0.2) is 4.98 Å². The van der Waals surface area contributed by atoms with Crippen LogP contribution in [-0.4, -0.2) is 34.7 Å². The zero-order valence-corrected chi connectivity index (χ0v) is 11.6. The lowest BCUT2D eigenvalue weighted by Gasteiger charge is -2.10. The number of aliphatic hydroxyl groups is 1. The molecule has 2 rings (SSSR count). The summed E-state index contributed by atoms with van der Waals surface area (Å²) in [4.78, 5) is 4.32. The highest BCUT2D eigenvalue weighted by atomic mass is 32.1. The highest BCUT2D eigenvalue weighted by Gasteiger charge is 2.08. The van der Waals surface area contributed by atoms with Gasteiger partial charge < -0.3 is 15.2 Å². The maximum Gasteiger partial charge on any atom is 0.202 e. The molecule has 5 nitrogen and oxygen atoms in total. The van der Waals surface area contributed by atoms with Crippen LogP contribution in [0.3, 0.4) is 0 Å². The number of hydrogen-bond acceptors (Lipinski definition) is 6. The van der Waals surface area contributed by atoms with E-state index in [2.05, 4.69) is 14.7 Å². The van der Waals surface area contributed by atoms with E-state index >= 15 is 0 Å².